The molecule has 3 rings (SSSR count). The molecule has 0 saturated carbocycles. The van der Waals surface area contributed by atoms with Crippen LogP contribution < -0.4 is 5.32 Å². The maximum atomic E-state index is 12.5. The van der Waals surface area contributed by atoms with Gasteiger partial charge >= 0.3 is 0 Å². The van der Waals surface area contributed by atoms with Gasteiger partial charge in [-0.25, -0.2) is 8.42 Å². The molecule has 1 amide bonds. The third-order valence-electron chi connectivity index (χ3n) is 4.99. The third-order valence-corrected chi connectivity index (χ3v) is 6.19. The van der Waals surface area contributed by atoms with Crippen molar-refractivity contribution in [2.75, 3.05) is 12.8 Å². The minimum atomic E-state index is -3.49. The van der Waals surface area contributed by atoms with Crippen molar-refractivity contribution in [3.8, 4) is 0 Å². The van der Waals surface area contributed by atoms with E-state index in [-0.39, 0.29) is 25.0 Å². The van der Waals surface area contributed by atoms with Crippen molar-refractivity contribution in [1.82, 2.24) is 9.62 Å². The summed E-state index contributed by atoms with van der Waals surface area (Å²) in [6, 6.07) is 15.5. The third kappa shape index (κ3) is 5.17. The number of hydrogen-bond donors (Lipinski definition) is 1. The molecule has 1 unspecified atom stereocenters. The SMILES string of the molecule is CC(NC(=O)CN(Cc1ccccc1)S(C)(=O)=O)c1ccc2c(c1)CCC2. The zero-order valence-corrected chi connectivity index (χ0v) is 16.6. The lowest BCUT2D eigenvalue weighted by atomic mass is 10.0. The van der Waals surface area contributed by atoms with Crippen LogP contribution in [0.3, 0.4) is 0 Å². The molecule has 0 fully saturated rings. The Labute approximate surface area is 161 Å². The van der Waals surface area contributed by atoms with E-state index < -0.39 is 10.0 Å². The van der Waals surface area contributed by atoms with E-state index in [1.807, 2.05) is 43.3 Å². The van der Waals surface area contributed by atoms with Crippen molar-refractivity contribution in [2.24, 2.45) is 0 Å². The lowest BCUT2D eigenvalue weighted by Crippen LogP contribution is -2.40. The summed E-state index contributed by atoms with van der Waals surface area (Å²) in [4.78, 5) is 12.5. The number of nitrogens with zero attached hydrogens (tertiary/aromatic N) is 1. The molecule has 144 valence electrons. The van der Waals surface area contributed by atoms with E-state index in [2.05, 4.69) is 17.4 Å². The van der Waals surface area contributed by atoms with Crippen LogP contribution in [0.2, 0.25) is 0 Å². The Kier molecular flexibility index (Phi) is 5.97. The predicted molar refractivity (Wildman–Crippen MR) is 107 cm³/mol. The second-order valence-corrected chi connectivity index (χ2v) is 9.17. The van der Waals surface area contributed by atoms with Gasteiger partial charge in [0, 0.05) is 6.54 Å². The summed E-state index contributed by atoms with van der Waals surface area (Å²) in [6.45, 7) is 1.92. The molecule has 1 aliphatic carbocycles. The molecule has 1 aliphatic rings. The monoisotopic (exact) mass is 386 g/mol. The van der Waals surface area contributed by atoms with E-state index in [0.29, 0.717) is 0 Å². The number of carbonyl (C=O) groups is 1. The second kappa shape index (κ2) is 8.23. The van der Waals surface area contributed by atoms with E-state index in [0.717, 1.165) is 30.2 Å². The summed E-state index contributed by atoms with van der Waals surface area (Å²) < 4.78 is 25.4. The quantitative estimate of drug-likeness (QED) is 0.796. The lowest BCUT2D eigenvalue weighted by molar-refractivity contribution is -0.122. The van der Waals surface area contributed by atoms with E-state index in [9.17, 15) is 13.2 Å². The number of benzene rings is 2. The van der Waals surface area contributed by atoms with Crippen molar-refractivity contribution in [3.63, 3.8) is 0 Å². The fraction of sp³-hybridized carbons (Fsp3) is 0.381. The van der Waals surface area contributed by atoms with E-state index in [4.69, 9.17) is 0 Å². The molecule has 0 heterocycles. The first-order valence-electron chi connectivity index (χ1n) is 9.23. The zero-order chi connectivity index (χ0) is 19.4. The smallest absolute Gasteiger partial charge is 0.235 e. The maximum absolute atomic E-state index is 12.5. The van der Waals surface area contributed by atoms with Gasteiger partial charge in [0.2, 0.25) is 15.9 Å². The Balaban J connectivity index is 1.65. The number of fused-ring (bicyclic) bond motifs is 1. The molecular weight excluding hydrogens is 360 g/mol. The summed E-state index contributed by atoms with van der Waals surface area (Å²) in [5, 5.41) is 2.93. The van der Waals surface area contributed by atoms with E-state index in [1.54, 1.807) is 0 Å². The normalized spacial score (nSPS) is 14.8. The lowest BCUT2D eigenvalue weighted by Gasteiger charge is -2.21. The van der Waals surface area contributed by atoms with Gasteiger partial charge in [-0.15, -0.1) is 0 Å². The van der Waals surface area contributed by atoms with Crippen molar-refractivity contribution < 1.29 is 13.2 Å². The second-order valence-electron chi connectivity index (χ2n) is 7.19. The summed E-state index contributed by atoms with van der Waals surface area (Å²) >= 11 is 0. The van der Waals surface area contributed by atoms with Gasteiger partial charge in [0.1, 0.15) is 0 Å². The molecule has 0 spiro atoms. The van der Waals surface area contributed by atoms with Crippen molar-refractivity contribution in [1.29, 1.82) is 0 Å². The number of carbonyl (C=O) groups excluding carboxylic acids is 1. The highest BCUT2D eigenvalue weighted by Gasteiger charge is 2.22. The molecule has 2 aromatic carbocycles. The van der Waals surface area contributed by atoms with Crippen molar-refractivity contribution in [3.05, 3.63) is 70.8 Å². The molecule has 0 bridgehead atoms. The minimum absolute atomic E-state index is 0.165. The minimum Gasteiger partial charge on any atom is -0.348 e. The van der Waals surface area contributed by atoms with Gasteiger partial charge in [-0.05, 0) is 48.4 Å². The van der Waals surface area contributed by atoms with Gasteiger partial charge in [0.25, 0.3) is 0 Å². The summed E-state index contributed by atoms with van der Waals surface area (Å²) in [7, 11) is -3.49. The molecule has 0 radical (unpaired) electrons. The van der Waals surface area contributed by atoms with E-state index >= 15 is 0 Å². The number of hydrogen-bond acceptors (Lipinski definition) is 3. The first kappa shape index (κ1) is 19.6. The van der Waals surface area contributed by atoms with Crippen molar-refractivity contribution >= 4 is 15.9 Å². The summed E-state index contributed by atoms with van der Waals surface area (Å²) in [6.07, 6.45) is 4.53. The predicted octanol–water partition coefficient (Wildman–Crippen LogP) is 2.81. The van der Waals surface area contributed by atoms with Gasteiger partial charge in [-0.1, -0.05) is 48.5 Å². The zero-order valence-electron chi connectivity index (χ0n) is 15.8. The summed E-state index contributed by atoms with van der Waals surface area (Å²) in [5.41, 5.74) is 4.65. The highest BCUT2D eigenvalue weighted by molar-refractivity contribution is 7.88. The molecule has 1 N–H and O–H groups in total. The number of aryl methyl sites for hydroxylation is 2. The Morgan fingerprint density at radius 3 is 2.52 bits per heavy atom. The summed E-state index contributed by atoms with van der Waals surface area (Å²) in [5.74, 6) is -0.302. The topological polar surface area (TPSA) is 66.5 Å². The number of rotatable bonds is 7. The van der Waals surface area contributed by atoms with Crippen LogP contribution in [0.4, 0.5) is 0 Å². The first-order valence-corrected chi connectivity index (χ1v) is 11.1. The molecule has 1 atom stereocenters. The van der Waals surface area contributed by atoms with Gasteiger partial charge < -0.3 is 5.32 Å². The number of amides is 1. The fourth-order valence-electron chi connectivity index (χ4n) is 3.47. The molecule has 0 saturated heterocycles. The van der Waals surface area contributed by atoms with E-state index in [1.165, 1.54) is 21.9 Å². The highest BCUT2D eigenvalue weighted by atomic mass is 32.2. The molecule has 27 heavy (non-hydrogen) atoms. The standard InChI is InChI=1S/C21H26N2O3S/c1-16(19-12-11-18-9-6-10-20(18)13-19)22-21(24)15-23(27(2,25)26)14-17-7-4-3-5-8-17/h3-5,7-8,11-13,16H,6,9-10,14-15H2,1-2H3,(H,22,24). The molecular formula is C21H26N2O3S. The average molecular weight is 387 g/mol. The first-order chi connectivity index (χ1) is 12.8. The van der Waals surface area contributed by atoms with Gasteiger partial charge in [0.15, 0.2) is 0 Å². The molecule has 0 aromatic heterocycles. The van der Waals surface area contributed by atoms with Crippen LogP contribution in [-0.2, 0) is 34.2 Å². The highest BCUT2D eigenvalue weighted by Crippen LogP contribution is 2.25. The Morgan fingerprint density at radius 1 is 1.11 bits per heavy atom. The van der Waals surface area contributed by atoms with Gasteiger partial charge in [-0.3, -0.25) is 4.79 Å². The van der Waals surface area contributed by atoms with Crippen LogP contribution in [0.1, 0.15) is 41.6 Å². The van der Waals surface area contributed by atoms with Crippen LogP contribution in [0.5, 0.6) is 0 Å². The molecule has 2 aromatic rings. The van der Waals surface area contributed by atoms with Crippen LogP contribution in [0, 0.1) is 0 Å². The van der Waals surface area contributed by atoms with Gasteiger partial charge in [0.05, 0.1) is 18.8 Å². The maximum Gasteiger partial charge on any atom is 0.235 e. The Morgan fingerprint density at radius 2 is 1.81 bits per heavy atom. The van der Waals surface area contributed by atoms with Gasteiger partial charge in [-0.2, -0.15) is 4.31 Å². The van der Waals surface area contributed by atoms with Crippen LogP contribution in [-0.4, -0.2) is 31.4 Å². The van der Waals surface area contributed by atoms with Crippen LogP contribution >= 0.6 is 0 Å². The molecule has 6 heteroatoms. The van der Waals surface area contributed by atoms with Crippen LogP contribution in [0.15, 0.2) is 48.5 Å². The molecule has 5 nitrogen and oxygen atoms in total. The fourth-order valence-corrected chi connectivity index (χ4v) is 4.20. The molecule has 0 aliphatic heterocycles. The van der Waals surface area contributed by atoms with Crippen molar-refractivity contribution in [2.45, 2.75) is 38.8 Å². The number of nitrogens with one attached hydrogen (secondary N) is 1. The largest absolute Gasteiger partial charge is 0.348 e. The average Bonchev–Trinajstić information content (AvgIpc) is 3.09. The number of sulfonamides is 1. The van der Waals surface area contributed by atoms with Crippen LogP contribution in [0.25, 0.3) is 0 Å². The Hall–Kier alpha value is -2.18. The Bertz CT molecular complexity index is 910.